The molecule has 4 heteroatoms. The molecule has 2 rings (SSSR count). The Morgan fingerprint density at radius 1 is 1.38 bits per heavy atom. The maximum absolute atomic E-state index is 6.05. The number of rotatable bonds is 0. The van der Waals surface area contributed by atoms with Crippen molar-refractivity contribution < 1.29 is 0 Å². The fourth-order valence-electron chi connectivity index (χ4n) is 1.15. The highest BCUT2D eigenvalue weighted by Gasteiger charge is 2.04. The van der Waals surface area contributed by atoms with Crippen molar-refractivity contribution in [1.82, 2.24) is 4.98 Å². The van der Waals surface area contributed by atoms with Gasteiger partial charge in [0.15, 0.2) is 0 Å². The summed E-state index contributed by atoms with van der Waals surface area (Å²) >= 11 is 11.7. The van der Waals surface area contributed by atoms with Gasteiger partial charge >= 0.3 is 0 Å². The molecule has 1 nitrogen and oxygen atoms in total. The van der Waals surface area contributed by atoms with E-state index in [-0.39, 0.29) is 0 Å². The number of halogens is 3. The van der Waals surface area contributed by atoms with E-state index in [2.05, 4.69) is 49.6 Å². The van der Waals surface area contributed by atoms with E-state index >= 15 is 0 Å². The summed E-state index contributed by atoms with van der Waals surface area (Å²) in [6, 6.07) is 5.87. The third kappa shape index (κ3) is 1.82. The standard InChI is InChI=1S/C9H4BrClIN/c10-7-1-2-13-9-6(7)3-5(12)4-8(9)11/h1-4H. The molecular weight excluding hydrogens is 364 g/mol. The van der Waals surface area contributed by atoms with Crippen LogP contribution in [0.2, 0.25) is 5.02 Å². The summed E-state index contributed by atoms with van der Waals surface area (Å²) in [6.45, 7) is 0. The highest BCUT2D eigenvalue weighted by molar-refractivity contribution is 14.1. The van der Waals surface area contributed by atoms with Crippen LogP contribution in [0.4, 0.5) is 0 Å². The Hall–Kier alpha value is 0.130. The molecular formula is C9H4BrClIN. The van der Waals surface area contributed by atoms with Gasteiger partial charge in [-0.05, 0) is 40.8 Å². The SMILES string of the molecule is Clc1cc(I)cc2c(Br)ccnc12. The maximum Gasteiger partial charge on any atom is 0.0900 e. The number of hydrogen-bond acceptors (Lipinski definition) is 1. The Bertz CT molecular complexity index is 472. The number of benzene rings is 1. The van der Waals surface area contributed by atoms with Crippen LogP contribution in [0.1, 0.15) is 0 Å². The fourth-order valence-corrected chi connectivity index (χ4v) is 2.64. The first-order valence-electron chi connectivity index (χ1n) is 3.58. The summed E-state index contributed by atoms with van der Waals surface area (Å²) in [5.41, 5.74) is 0.844. The first-order valence-corrected chi connectivity index (χ1v) is 5.83. The van der Waals surface area contributed by atoms with Gasteiger partial charge in [0, 0.05) is 19.6 Å². The minimum absolute atomic E-state index is 0.697. The Morgan fingerprint density at radius 3 is 2.92 bits per heavy atom. The third-order valence-electron chi connectivity index (χ3n) is 1.71. The van der Waals surface area contributed by atoms with Gasteiger partial charge < -0.3 is 0 Å². The smallest absolute Gasteiger partial charge is 0.0900 e. The van der Waals surface area contributed by atoms with E-state index in [0.717, 1.165) is 18.9 Å². The average molecular weight is 368 g/mol. The van der Waals surface area contributed by atoms with Gasteiger partial charge in [0.05, 0.1) is 10.5 Å². The van der Waals surface area contributed by atoms with Crippen LogP contribution in [0.25, 0.3) is 10.9 Å². The van der Waals surface area contributed by atoms with Crippen LogP contribution in [-0.4, -0.2) is 4.98 Å². The zero-order valence-electron chi connectivity index (χ0n) is 6.39. The Morgan fingerprint density at radius 2 is 2.15 bits per heavy atom. The molecule has 0 atom stereocenters. The maximum atomic E-state index is 6.05. The summed E-state index contributed by atoms with van der Waals surface area (Å²) < 4.78 is 2.14. The molecule has 1 aromatic carbocycles. The lowest BCUT2D eigenvalue weighted by atomic mass is 10.2. The summed E-state index contributed by atoms with van der Waals surface area (Å²) in [4.78, 5) is 4.22. The van der Waals surface area contributed by atoms with E-state index < -0.39 is 0 Å². The zero-order chi connectivity index (χ0) is 9.42. The fraction of sp³-hybridized carbons (Fsp3) is 0. The summed E-state index contributed by atoms with van der Waals surface area (Å²) in [6.07, 6.45) is 1.74. The zero-order valence-corrected chi connectivity index (χ0v) is 10.9. The normalized spacial score (nSPS) is 10.7. The highest BCUT2D eigenvalue weighted by Crippen LogP contribution is 2.29. The van der Waals surface area contributed by atoms with Crippen molar-refractivity contribution in [2.75, 3.05) is 0 Å². The van der Waals surface area contributed by atoms with Crippen molar-refractivity contribution >= 4 is 61.0 Å². The second-order valence-corrected chi connectivity index (χ2v) is 5.08. The van der Waals surface area contributed by atoms with Gasteiger partial charge in [0.2, 0.25) is 0 Å². The lowest BCUT2D eigenvalue weighted by molar-refractivity contribution is 1.40. The van der Waals surface area contributed by atoms with Gasteiger partial charge in [-0.3, -0.25) is 4.98 Å². The molecule has 13 heavy (non-hydrogen) atoms. The molecule has 0 saturated carbocycles. The van der Waals surface area contributed by atoms with Crippen LogP contribution in [0.15, 0.2) is 28.9 Å². The Labute approximate surface area is 103 Å². The van der Waals surface area contributed by atoms with Crippen LogP contribution < -0.4 is 0 Å². The van der Waals surface area contributed by atoms with Gasteiger partial charge in [0.1, 0.15) is 0 Å². The molecule has 0 radical (unpaired) electrons. The summed E-state index contributed by atoms with van der Waals surface area (Å²) in [5, 5.41) is 1.75. The van der Waals surface area contributed by atoms with Gasteiger partial charge in [0.25, 0.3) is 0 Å². The van der Waals surface area contributed by atoms with Crippen molar-refractivity contribution in [3.8, 4) is 0 Å². The molecule has 1 heterocycles. The van der Waals surface area contributed by atoms with Crippen LogP contribution >= 0.6 is 50.1 Å². The molecule has 0 unspecified atom stereocenters. The summed E-state index contributed by atoms with van der Waals surface area (Å²) in [5.74, 6) is 0. The molecule has 0 saturated heterocycles. The van der Waals surface area contributed by atoms with E-state index in [1.165, 1.54) is 0 Å². The molecule has 0 bridgehead atoms. The first kappa shape index (κ1) is 9.68. The molecule has 66 valence electrons. The minimum atomic E-state index is 0.697. The van der Waals surface area contributed by atoms with Gasteiger partial charge in [-0.25, -0.2) is 0 Å². The average Bonchev–Trinajstić information content (AvgIpc) is 2.07. The molecule has 0 aliphatic carbocycles. The number of pyridine rings is 1. The van der Waals surface area contributed by atoms with Crippen molar-refractivity contribution in [1.29, 1.82) is 0 Å². The van der Waals surface area contributed by atoms with Crippen LogP contribution in [0.5, 0.6) is 0 Å². The molecule has 0 N–H and O–H groups in total. The van der Waals surface area contributed by atoms with Crippen LogP contribution in [-0.2, 0) is 0 Å². The predicted octanol–water partition coefficient (Wildman–Crippen LogP) is 4.26. The van der Waals surface area contributed by atoms with E-state index in [1.54, 1.807) is 6.20 Å². The third-order valence-corrected chi connectivity index (χ3v) is 3.31. The molecule has 0 fully saturated rings. The van der Waals surface area contributed by atoms with E-state index in [9.17, 15) is 0 Å². The molecule has 0 amide bonds. The highest BCUT2D eigenvalue weighted by atomic mass is 127. The molecule has 2 aromatic rings. The Kier molecular flexibility index (Phi) is 2.76. The minimum Gasteiger partial charge on any atom is -0.255 e. The first-order chi connectivity index (χ1) is 6.18. The van der Waals surface area contributed by atoms with Crippen LogP contribution in [0, 0.1) is 3.57 Å². The van der Waals surface area contributed by atoms with Crippen molar-refractivity contribution in [3.63, 3.8) is 0 Å². The number of hydrogen-bond donors (Lipinski definition) is 0. The quantitative estimate of drug-likeness (QED) is 0.634. The lowest BCUT2D eigenvalue weighted by Crippen LogP contribution is -1.82. The van der Waals surface area contributed by atoms with Crippen LogP contribution in [0.3, 0.4) is 0 Å². The predicted molar refractivity (Wildman–Crippen MR) is 67.2 cm³/mol. The van der Waals surface area contributed by atoms with Gasteiger partial charge in [-0.15, -0.1) is 0 Å². The largest absolute Gasteiger partial charge is 0.255 e. The number of fused-ring (bicyclic) bond motifs is 1. The second-order valence-electron chi connectivity index (χ2n) is 2.58. The number of aromatic nitrogens is 1. The number of nitrogens with zero attached hydrogens (tertiary/aromatic N) is 1. The van der Waals surface area contributed by atoms with Gasteiger partial charge in [-0.1, -0.05) is 27.5 Å². The second kappa shape index (κ2) is 3.71. The molecule has 0 aliphatic rings. The monoisotopic (exact) mass is 367 g/mol. The van der Waals surface area contributed by atoms with Crippen molar-refractivity contribution in [2.45, 2.75) is 0 Å². The Balaban J connectivity index is 2.94. The molecule has 0 aliphatic heterocycles. The van der Waals surface area contributed by atoms with Gasteiger partial charge in [-0.2, -0.15) is 0 Å². The molecule has 1 aromatic heterocycles. The topological polar surface area (TPSA) is 12.9 Å². The lowest BCUT2D eigenvalue weighted by Gasteiger charge is -2.02. The van der Waals surface area contributed by atoms with E-state index in [1.807, 2.05) is 12.1 Å². The summed E-state index contributed by atoms with van der Waals surface area (Å²) in [7, 11) is 0. The van der Waals surface area contributed by atoms with Crippen molar-refractivity contribution in [2.24, 2.45) is 0 Å². The van der Waals surface area contributed by atoms with Crippen molar-refractivity contribution in [3.05, 3.63) is 37.5 Å². The van der Waals surface area contributed by atoms with E-state index in [0.29, 0.717) is 5.02 Å². The van der Waals surface area contributed by atoms with E-state index in [4.69, 9.17) is 11.6 Å². The molecule has 0 spiro atoms.